The lowest BCUT2D eigenvalue weighted by Gasteiger charge is -1.90. The van der Waals surface area contributed by atoms with Gasteiger partial charge in [0.05, 0.1) is 5.69 Å². The Bertz CT molecular complexity index is 261. The van der Waals surface area contributed by atoms with Crippen LogP contribution in [0.15, 0.2) is 4.79 Å². The Kier molecular flexibility index (Phi) is 1.80. The fraction of sp³-hybridized carbons (Fsp3) is 0.500. The minimum absolute atomic E-state index is 0.0353. The molecule has 0 aromatic carbocycles. The van der Waals surface area contributed by atoms with E-state index in [9.17, 15) is 4.79 Å². The highest BCUT2D eigenvalue weighted by atomic mass is 16.3. The highest BCUT2D eigenvalue weighted by Gasteiger charge is 2.01. The molecule has 10 heavy (non-hydrogen) atoms. The summed E-state index contributed by atoms with van der Waals surface area (Å²) in [7, 11) is 0. The van der Waals surface area contributed by atoms with E-state index in [-0.39, 0.29) is 11.6 Å². The number of aromatic nitrogens is 2. The number of aromatic hydroxyl groups is 1. The molecular formula is C6H10N2O2. The van der Waals surface area contributed by atoms with Crippen LogP contribution < -0.4 is 5.69 Å². The second kappa shape index (κ2) is 2.60. The SMILES string of the molecule is CCCc1[nH]c(=O)[nH]c1O. The van der Waals surface area contributed by atoms with E-state index < -0.39 is 0 Å². The third kappa shape index (κ3) is 1.21. The van der Waals surface area contributed by atoms with E-state index >= 15 is 0 Å². The van der Waals surface area contributed by atoms with Crippen LogP contribution >= 0.6 is 0 Å². The fourth-order valence-corrected chi connectivity index (χ4v) is 0.841. The van der Waals surface area contributed by atoms with Crippen molar-refractivity contribution in [2.45, 2.75) is 19.8 Å². The summed E-state index contributed by atoms with van der Waals surface area (Å²) in [6, 6.07) is 0. The van der Waals surface area contributed by atoms with Gasteiger partial charge in [-0.1, -0.05) is 13.3 Å². The molecule has 0 saturated carbocycles. The van der Waals surface area contributed by atoms with Gasteiger partial charge in [-0.05, 0) is 6.42 Å². The predicted octanol–water partition coefficient (Wildman–Crippen LogP) is 0.361. The van der Waals surface area contributed by atoms with Crippen molar-refractivity contribution < 1.29 is 5.11 Å². The first kappa shape index (κ1) is 6.92. The zero-order valence-corrected chi connectivity index (χ0v) is 5.77. The number of aromatic amines is 2. The maximum atomic E-state index is 10.5. The Morgan fingerprint density at radius 2 is 2.20 bits per heavy atom. The van der Waals surface area contributed by atoms with Gasteiger partial charge in [-0.15, -0.1) is 0 Å². The molecule has 0 aliphatic rings. The van der Waals surface area contributed by atoms with Gasteiger partial charge in [-0.2, -0.15) is 0 Å². The topological polar surface area (TPSA) is 68.9 Å². The molecule has 1 aromatic heterocycles. The standard InChI is InChI=1S/C6H10N2O2/c1-2-3-4-5(9)8-6(10)7-4/h9H,2-3H2,1H3,(H2,7,8,10). The Labute approximate surface area is 57.9 Å². The smallest absolute Gasteiger partial charge is 0.325 e. The molecule has 56 valence electrons. The van der Waals surface area contributed by atoms with E-state index in [0.29, 0.717) is 12.1 Å². The van der Waals surface area contributed by atoms with Crippen LogP contribution in [-0.4, -0.2) is 15.1 Å². The van der Waals surface area contributed by atoms with E-state index in [4.69, 9.17) is 5.11 Å². The average molecular weight is 142 g/mol. The van der Waals surface area contributed by atoms with Gasteiger partial charge in [0.2, 0.25) is 5.88 Å². The van der Waals surface area contributed by atoms with Crippen LogP contribution in [0.5, 0.6) is 5.88 Å². The van der Waals surface area contributed by atoms with E-state index in [1.54, 1.807) is 0 Å². The van der Waals surface area contributed by atoms with Crippen LogP contribution in [0.2, 0.25) is 0 Å². The van der Waals surface area contributed by atoms with E-state index in [2.05, 4.69) is 9.97 Å². The monoisotopic (exact) mass is 142 g/mol. The third-order valence-electron chi connectivity index (χ3n) is 1.28. The number of hydrogen-bond acceptors (Lipinski definition) is 2. The minimum atomic E-state index is -0.346. The third-order valence-corrected chi connectivity index (χ3v) is 1.28. The Morgan fingerprint density at radius 1 is 1.50 bits per heavy atom. The maximum Gasteiger partial charge on any atom is 0.325 e. The van der Waals surface area contributed by atoms with E-state index in [1.165, 1.54) is 0 Å². The summed E-state index contributed by atoms with van der Waals surface area (Å²) in [5, 5.41) is 8.98. The zero-order valence-electron chi connectivity index (χ0n) is 5.77. The van der Waals surface area contributed by atoms with Crippen LogP contribution in [0.25, 0.3) is 0 Å². The van der Waals surface area contributed by atoms with Crippen molar-refractivity contribution in [1.29, 1.82) is 0 Å². The molecule has 1 aromatic rings. The van der Waals surface area contributed by atoms with Gasteiger partial charge < -0.3 is 10.1 Å². The highest BCUT2D eigenvalue weighted by molar-refractivity contribution is 5.15. The lowest BCUT2D eigenvalue weighted by molar-refractivity contribution is 0.448. The normalized spacial score (nSPS) is 10.1. The second-order valence-electron chi connectivity index (χ2n) is 2.16. The van der Waals surface area contributed by atoms with Crippen LogP contribution in [-0.2, 0) is 6.42 Å². The molecule has 1 heterocycles. The van der Waals surface area contributed by atoms with Crippen molar-refractivity contribution in [1.82, 2.24) is 9.97 Å². The molecular weight excluding hydrogens is 132 g/mol. The van der Waals surface area contributed by atoms with E-state index in [1.807, 2.05) is 6.92 Å². The van der Waals surface area contributed by atoms with Crippen LogP contribution in [0.1, 0.15) is 19.0 Å². The molecule has 0 saturated heterocycles. The van der Waals surface area contributed by atoms with Crippen molar-refractivity contribution in [2.75, 3.05) is 0 Å². The van der Waals surface area contributed by atoms with Gasteiger partial charge in [0.1, 0.15) is 0 Å². The van der Waals surface area contributed by atoms with Crippen molar-refractivity contribution >= 4 is 0 Å². The summed E-state index contributed by atoms with van der Waals surface area (Å²) < 4.78 is 0. The minimum Gasteiger partial charge on any atom is -0.493 e. The molecule has 0 bridgehead atoms. The van der Waals surface area contributed by atoms with Gasteiger partial charge in [-0.25, -0.2) is 4.79 Å². The first-order valence-corrected chi connectivity index (χ1v) is 3.24. The van der Waals surface area contributed by atoms with Crippen molar-refractivity contribution in [3.63, 3.8) is 0 Å². The molecule has 0 radical (unpaired) electrons. The van der Waals surface area contributed by atoms with Crippen molar-refractivity contribution in [2.24, 2.45) is 0 Å². The summed E-state index contributed by atoms with van der Waals surface area (Å²) in [6.07, 6.45) is 1.60. The van der Waals surface area contributed by atoms with Crippen LogP contribution in [0, 0.1) is 0 Å². The molecule has 3 N–H and O–H groups in total. The first-order valence-electron chi connectivity index (χ1n) is 3.24. The number of hydrogen-bond donors (Lipinski definition) is 3. The molecule has 0 atom stereocenters. The summed E-state index contributed by atoms with van der Waals surface area (Å²) in [5.41, 5.74) is 0.244. The summed E-state index contributed by atoms with van der Waals surface area (Å²) in [6.45, 7) is 1.98. The summed E-state index contributed by atoms with van der Waals surface area (Å²) in [4.78, 5) is 15.2. The number of aryl methyl sites for hydroxylation is 1. The predicted molar refractivity (Wildman–Crippen MR) is 37.1 cm³/mol. The average Bonchev–Trinajstić information content (AvgIpc) is 2.13. The second-order valence-corrected chi connectivity index (χ2v) is 2.16. The number of imidazole rings is 1. The summed E-state index contributed by atoms with van der Waals surface area (Å²) >= 11 is 0. The van der Waals surface area contributed by atoms with Crippen LogP contribution in [0.4, 0.5) is 0 Å². The molecule has 1 rings (SSSR count). The quantitative estimate of drug-likeness (QED) is 0.558. The van der Waals surface area contributed by atoms with Crippen molar-refractivity contribution in [3.05, 3.63) is 16.2 Å². The lowest BCUT2D eigenvalue weighted by atomic mass is 10.3. The highest BCUT2D eigenvalue weighted by Crippen LogP contribution is 2.08. The Balaban J connectivity index is 2.92. The molecule has 0 fully saturated rings. The van der Waals surface area contributed by atoms with Gasteiger partial charge in [-0.3, -0.25) is 4.98 Å². The molecule has 4 heteroatoms. The molecule has 0 unspecified atom stereocenters. The molecule has 0 aliphatic carbocycles. The van der Waals surface area contributed by atoms with Gasteiger partial charge in [0.25, 0.3) is 0 Å². The molecule has 0 spiro atoms. The lowest BCUT2D eigenvalue weighted by Crippen LogP contribution is -2.00. The number of nitrogens with one attached hydrogen (secondary N) is 2. The van der Waals surface area contributed by atoms with Gasteiger partial charge >= 0.3 is 5.69 Å². The van der Waals surface area contributed by atoms with Crippen LogP contribution in [0.3, 0.4) is 0 Å². The van der Waals surface area contributed by atoms with Gasteiger partial charge in [0.15, 0.2) is 0 Å². The maximum absolute atomic E-state index is 10.5. The van der Waals surface area contributed by atoms with E-state index in [0.717, 1.165) is 6.42 Å². The molecule has 4 nitrogen and oxygen atoms in total. The Morgan fingerprint density at radius 3 is 2.60 bits per heavy atom. The largest absolute Gasteiger partial charge is 0.493 e. The summed E-state index contributed by atoms with van der Waals surface area (Å²) in [5.74, 6) is -0.0353. The number of H-pyrrole nitrogens is 2. The van der Waals surface area contributed by atoms with Gasteiger partial charge in [0, 0.05) is 0 Å². The molecule has 0 amide bonds. The Hall–Kier alpha value is -1.19. The number of rotatable bonds is 2. The van der Waals surface area contributed by atoms with Crippen molar-refractivity contribution in [3.8, 4) is 5.88 Å². The fourth-order valence-electron chi connectivity index (χ4n) is 0.841. The first-order chi connectivity index (χ1) is 4.74. The zero-order chi connectivity index (χ0) is 7.56. The molecule has 0 aliphatic heterocycles.